The van der Waals surface area contributed by atoms with E-state index in [1.54, 1.807) is 34.8 Å². The van der Waals surface area contributed by atoms with Crippen LogP contribution < -0.4 is 0 Å². The molecule has 6 heteroatoms. The summed E-state index contributed by atoms with van der Waals surface area (Å²) in [5.74, 6) is 0.0624. The maximum absolute atomic E-state index is 12.8. The average Bonchev–Trinajstić information content (AvgIpc) is 3.34. The van der Waals surface area contributed by atoms with Gasteiger partial charge in [0.1, 0.15) is 5.01 Å². The van der Waals surface area contributed by atoms with E-state index in [2.05, 4.69) is 11.1 Å². The van der Waals surface area contributed by atoms with Gasteiger partial charge in [-0.3, -0.25) is 4.79 Å². The molecule has 3 aromatic rings. The standard InChI is InChI=1S/C20H19N3OS2/c1-3-23(14(2)16-8-6-15(12-21)7-9-16)19(24)11-17-13-26-20(22-17)18-5-4-10-25-18/h4-10,13-14H,3,11H2,1-2H3. The number of likely N-dealkylation sites (N-methyl/N-ethyl adjacent to an activating group) is 1. The van der Waals surface area contributed by atoms with Gasteiger partial charge in [-0.15, -0.1) is 22.7 Å². The van der Waals surface area contributed by atoms with E-state index in [-0.39, 0.29) is 11.9 Å². The lowest BCUT2D eigenvalue weighted by molar-refractivity contribution is -0.132. The van der Waals surface area contributed by atoms with Crippen LogP contribution in [0, 0.1) is 11.3 Å². The third kappa shape index (κ3) is 4.01. The van der Waals surface area contributed by atoms with E-state index in [9.17, 15) is 4.79 Å². The molecular weight excluding hydrogens is 362 g/mol. The monoisotopic (exact) mass is 381 g/mol. The van der Waals surface area contributed by atoms with Crippen molar-refractivity contribution >= 4 is 28.6 Å². The first kappa shape index (κ1) is 18.3. The van der Waals surface area contributed by atoms with Crippen LogP contribution in [0.15, 0.2) is 47.2 Å². The van der Waals surface area contributed by atoms with Gasteiger partial charge in [0.15, 0.2) is 0 Å². The van der Waals surface area contributed by atoms with Gasteiger partial charge in [0.2, 0.25) is 5.91 Å². The fraction of sp³-hybridized carbons (Fsp3) is 0.250. The third-order valence-corrected chi connectivity index (χ3v) is 6.20. The minimum absolute atomic E-state index is 0.0457. The lowest BCUT2D eigenvalue weighted by atomic mass is 10.0. The van der Waals surface area contributed by atoms with Gasteiger partial charge in [-0.05, 0) is 43.0 Å². The van der Waals surface area contributed by atoms with Crippen LogP contribution in [0.4, 0.5) is 0 Å². The quantitative estimate of drug-likeness (QED) is 0.610. The maximum atomic E-state index is 12.8. The Morgan fingerprint density at radius 2 is 2.04 bits per heavy atom. The number of hydrogen-bond acceptors (Lipinski definition) is 5. The van der Waals surface area contributed by atoms with Crippen molar-refractivity contribution in [1.82, 2.24) is 9.88 Å². The zero-order valence-corrected chi connectivity index (χ0v) is 16.3. The Labute approximate surface area is 161 Å². The molecule has 0 aliphatic rings. The van der Waals surface area contributed by atoms with E-state index >= 15 is 0 Å². The van der Waals surface area contributed by atoms with Gasteiger partial charge in [0, 0.05) is 11.9 Å². The van der Waals surface area contributed by atoms with Crippen LogP contribution in [-0.4, -0.2) is 22.3 Å². The van der Waals surface area contributed by atoms with Crippen molar-refractivity contribution in [3.8, 4) is 16.0 Å². The molecule has 0 saturated heterocycles. The van der Waals surface area contributed by atoms with Crippen LogP contribution in [0.3, 0.4) is 0 Å². The fourth-order valence-corrected chi connectivity index (χ4v) is 4.47. The van der Waals surface area contributed by atoms with Crippen molar-refractivity contribution in [2.75, 3.05) is 6.54 Å². The number of carbonyl (C=O) groups is 1. The molecule has 0 N–H and O–H groups in total. The molecule has 3 rings (SSSR count). The molecule has 2 heterocycles. The number of thiophene rings is 1. The number of aromatic nitrogens is 1. The molecule has 0 radical (unpaired) electrons. The van der Waals surface area contributed by atoms with E-state index in [0.29, 0.717) is 18.5 Å². The normalized spacial score (nSPS) is 11.7. The topological polar surface area (TPSA) is 57.0 Å². The molecule has 1 amide bonds. The fourth-order valence-electron chi connectivity index (χ4n) is 2.84. The van der Waals surface area contributed by atoms with E-state index < -0.39 is 0 Å². The summed E-state index contributed by atoms with van der Waals surface area (Å²) < 4.78 is 0. The summed E-state index contributed by atoms with van der Waals surface area (Å²) in [6.07, 6.45) is 0.302. The molecule has 0 fully saturated rings. The number of thiazole rings is 1. The Bertz CT molecular complexity index is 907. The van der Waals surface area contributed by atoms with Crippen molar-refractivity contribution in [2.24, 2.45) is 0 Å². The van der Waals surface area contributed by atoms with E-state index in [0.717, 1.165) is 21.1 Å². The summed E-state index contributed by atoms with van der Waals surface area (Å²) in [6.45, 7) is 4.62. The van der Waals surface area contributed by atoms with Crippen molar-refractivity contribution in [3.63, 3.8) is 0 Å². The Balaban J connectivity index is 1.71. The lowest BCUT2D eigenvalue weighted by Gasteiger charge is -2.28. The molecule has 26 heavy (non-hydrogen) atoms. The largest absolute Gasteiger partial charge is 0.336 e. The molecule has 2 aromatic heterocycles. The Hall–Kier alpha value is -2.49. The van der Waals surface area contributed by atoms with Crippen molar-refractivity contribution in [3.05, 3.63) is 64.0 Å². The summed E-state index contributed by atoms with van der Waals surface area (Å²) in [6, 6.07) is 13.5. The van der Waals surface area contributed by atoms with Crippen LogP contribution in [-0.2, 0) is 11.2 Å². The number of amides is 1. The summed E-state index contributed by atoms with van der Waals surface area (Å²) >= 11 is 3.23. The SMILES string of the molecule is CCN(C(=O)Cc1csc(-c2cccs2)n1)C(C)c1ccc(C#N)cc1. The highest BCUT2D eigenvalue weighted by Gasteiger charge is 2.21. The van der Waals surface area contributed by atoms with Crippen molar-refractivity contribution in [1.29, 1.82) is 5.26 Å². The number of nitrogens with zero attached hydrogens (tertiary/aromatic N) is 3. The molecule has 0 aliphatic carbocycles. The average molecular weight is 382 g/mol. The highest BCUT2D eigenvalue weighted by molar-refractivity contribution is 7.20. The highest BCUT2D eigenvalue weighted by atomic mass is 32.1. The van der Waals surface area contributed by atoms with Gasteiger partial charge in [-0.1, -0.05) is 18.2 Å². The highest BCUT2D eigenvalue weighted by Crippen LogP contribution is 2.28. The summed E-state index contributed by atoms with van der Waals surface area (Å²) in [5, 5.41) is 13.9. The minimum Gasteiger partial charge on any atom is -0.336 e. The van der Waals surface area contributed by atoms with Crippen LogP contribution in [0.1, 0.15) is 36.7 Å². The molecule has 4 nitrogen and oxygen atoms in total. The van der Waals surface area contributed by atoms with E-state index in [4.69, 9.17) is 5.26 Å². The first-order valence-corrected chi connectivity index (χ1v) is 10.2. The zero-order valence-electron chi connectivity index (χ0n) is 14.7. The van der Waals surface area contributed by atoms with Gasteiger partial charge in [0.25, 0.3) is 0 Å². The second-order valence-corrected chi connectivity index (χ2v) is 7.69. The summed E-state index contributed by atoms with van der Waals surface area (Å²) in [5.41, 5.74) is 2.46. The molecule has 0 spiro atoms. The summed E-state index contributed by atoms with van der Waals surface area (Å²) in [7, 11) is 0. The predicted octanol–water partition coefficient (Wildman–Crippen LogP) is 4.90. The van der Waals surface area contributed by atoms with Gasteiger partial charge >= 0.3 is 0 Å². The van der Waals surface area contributed by atoms with Gasteiger partial charge in [0.05, 0.1) is 34.7 Å². The lowest BCUT2D eigenvalue weighted by Crippen LogP contribution is -2.34. The molecule has 1 unspecified atom stereocenters. The van der Waals surface area contributed by atoms with Gasteiger partial charge < -0.3 is 4.90 Å². The molecule has 0 bridgehead atoms. The van der Waals surface area contributed by atoms with Crippen LogP contribution in [0.2, 0.25) is 0 Å². The second-order valence-electron chi connectivity index (χ2n) is 5.89. The predicted molar refractivity (Wildman–Crippen MR) is 106 cm³/mol. The number of rotatable bonds is 6. The Morgan fingerprint density at radius 3 is 2.65 bits per heavy atom. The van der Waals surface area contributed by atoms with Crippen LogP contribution in [0.5, 0.6) is 0 Å². The summed E-state index contributed by atoms with van der Waals surface area (Å²) in [4.78, 5) is 20.4. The number of nitriles is 1. The smallest absolute Gasteiger partial charge is 0.229 e. The first-order valence-electron chi connectivity index (χ1n) is 8.40. The maximum Gasteiger partial charge on any atom is 0.229 e. The Morgan fingerprint density at radius 1 is 1.27 bits per heavy atom. The van der Waals surface area contributed by atoms with Crippen molar-refractivity contribution < 1.29 is 4.79 Å². The van der Waals surface area contributed by atoms with Crippen LogP contribution in [0.25, 0.3) is 9.88 Å². The number of hydrogen-bond donors (Lipinski definition) is 0. The molecule has 0 saturated carbocycles. The molecule has 1 aromatic carbocycles. The van der Waals surface area contributed by atoms with Gasteiger partial charge in [-0.25, -0.2) is 4.98 Å². The van der Waals surface area contributed by atoms with Gasteiger partial charge in [-0.2, -0.15) is 5.26 Å². The molecule has 1 atom stereocenters. The van der Waals surface area contributed by atoms with Crippen molar-refractivity contribution in [2.45, 2.75) is 26.3 Å². The molecular formula is C20H19N3OS2. The number of benzene rings is 1. The minimum atomic E-state index is -0.0457. The van der Waals surface area contributed by atoms with E-state index in [1.165, 1.54) is 0 Å². The van der Waals surface area contributed by atoms with Crippen LogP contribution >= 0.6 is 22.7 Å². The second kappa shape index (κ2) is 8.26. The number of carbonyl (C=O) groups excluding carboxylic acids is 1. The molecule has 132 valence electrons. The first-order chi connectivity index (χ1) is 12.6. The third-order valence-electron chi connectivity index (χ3n) is 4.27. The Kier molecular flexibility index (Phi) is 5.82. The molecule has 0 aliphatic heterocycles. The zero-order chi connectivity index (χ0) is 18.5. The van der Waals surface area contributed by atoms with E-state index in [1.807, 2.05) is 53.8 Å².